The van der Waals surface area contributed by atoms with Crippen molar-refractivity contribution < 1.29 is 13.9 Å². The maximum atomic E-state index is 11.5. The quantitative estimate of drug-likeness (QED) is 0.205. The van der Waals surface area contributed by atoms with Crippen molar-refractivity contribution in [3.05, 3.63) is 106 Å². The number of hydrogen-bond acceptors (Lipinski definition) is 5. The molecule has 2 fully saturated rings. The third-order valence-electron chi connectivity index (χ3n) is 9.12. The molecule has 2 N–H and O–H groups in total. The van der Waals surface area contributed by atoms with Gasteiger partial charge in [0.25, 0.3) is 0 Å². The van der Waals surface area contributed by atoms with E-state index in [1.807, 2.05) is 36.4 Å². The first kappa shape index (κ1) is 31.9. The monoisotopic (exact) mass is 640 g/mol. The molecule has 2 aliphatic heterocycles. The van der Waals surface area contributed by atoms with E-state index in [9.17, 15) is 5.11 Å². The summed E-state index contributed by atoms with van der Waals surface area (Å²) in [6.45, 7) is 9.11. The number of halogens is 3. The van der Waals surface area contributed by atoms with E-state index in [2.05, 4.69) is 54.4 Å². The highest BCUT2D eigenvalue weighted by molar-refractivity contribution is 6.31. The lowest BCUT2D eigenvalue weighted by molar-refractivity contribution is -0.0722. The van der Waals surface area contributed by atoms with Gasteiger partial charge in [-0.3, -0.25) is 4.90 Å². The number of nitrogens with zero attached hydrogens (tertiary/aromatic N) is 1. The maximum Gasteiger partial charge on any atom is 0.140 e. The van der Waals surface area contributed by atoms with Gasteiger partial charge in [0.2, 0.25) is 0 Å². The molecule has 7 rings (SSSR count). The van der Waals surface area contributed by atoms with Gasteiger partial charge in [0.15, 0.2) is 0 Å². The molecule has 0 spiro atoms. The van der Waals surface area contributed by atoms with Crippen LogP contribution in [0.5, 0.6) is 0 Å². The maximum absolute atomic E-state index is 11.5. The van der Waals surface area contributed by atoms with Crippen LogP contribution in [0.15, 0.2) is 88.1 Å². The van der Waals surface area contributed by atoms with Gasteiger partial charge in [-0.1, -0.05) is 67.4 Å². The van der Waals surface area contributed by atoms with Gasteiger partial charge in [0.1, 0.15) is 11.2 Å². The summed E-state index contributed by atoms with van der Waals surface area (Å²) >= 11 is 12.5. The fourth-order valence-electron chi connectivity index (χ4n) is 6.78. The highest BCUT2D eigenvalue weighted by Gasteiger charge is 2.42. The van der Waals surface area contributed by atoms with Crippen molar-refractivity contribution in [2.45, 2.75) is 44.8 Å². The van der Waals surface area contributed by atoms with E-state index in [1.165, 1.54) is 11.1 Å². The standard InChI is InChI=1S/C21H22ClNO2.C14H16ClNO.ClH/c1-15-13-23(14-16-5-3-2-4-6-16)9-8-21(15,24)19-12-18(22)11-17-7-10-25-20(17)19;1-9-8-16-4-2-12(9)13-7-11(15)6-10-3-5-17-14(10)13;/h2-7,10-12,15,24H,8-9,13-14H2,1H3;3,5-7,9,12,16H,2,4,8H2,1H3;1H/t;9-,12+;/m.1./s1. The van der Waals surface area contributed by atoms with Crippen LogP contribution in [-0.4, -0.2) is 36.2 Å². The first-order valence-corrected chi connectivity index (χ1v) is 15.6. The van der Waals surface area contributed by atoms with Crippen molar-refractivity contribution in [3.8, 4) is 0 Å². The molecular weight excluding hydrogens is 603 g/mol. The topological polar surface area (TPSA) is 61.8 Å². The Balaban J connectivity index is 0.000000179. The number of piperidine rings is 2. The molecule has 0 bridgehead atoms. The SMILES string of the molecule is CC1CN(Cc2ccccc2)CCC1(O)c1cc(Cl)cc2ccoc12.C[C@@H]1CNCC[C@@H]1c1cc(Cl)cc2ccoc12.Cl. The molecule has 5 aromatic rings. The first-order chi connectivity index (χ1) is 20.3. The lowest BCUT2D eigenvalue weighted by Gasteiger charge is -2.43. The second-order valence-electron chi connectivity index (χ2n) is 12.0. The molecule has 2 unspecified atom stereocenters. The molecule has 228 valence electrons. The van der Waals surface area contributed by atoms with E-state index >= 15 is 0 Å². The third kappa shape index (κ3) is 6.78. The van der Waals surface area contributed by atoms with Crippen molar-refractivity contribution in [1.29, 1.82) is 0 Å². The van der Waals surface area contributed by atoms with Crippen molar-refractivity contribution in [3.63, 3.8) is 0 Å². The zero-order valence-corrected chi connectivity index (χ0v) is 26.9. The minimum atomic E-state index is -0.922. The summed E-state index contributed by atoms with van der Waals surface area (Å²) < 4.78 is 11.3. The number of hydrogen-bond donors (Lipinski definition) is 2. The van der Waals surface area contributed by atoms with Crippen LogP contribution in [0, 0.1) is 11.8 Å². The molecule has 3 aromatic carbocycles. The number of likely N-dealkylation sites (tertiary alicyclic amines) is 1. The van der Waals surface area contributed by atoms with E-state index in [-0.39, 0.29) is 18.3 Å². The van der Waals surface area contributed by atoms with Crippen molar-refractivity contribution in [1.82, 2.24) is 10.2 Å². The molecule has 4 heterocycles. The van der Waals surface area contributed by atoms with Gasteiger partial charge in [0, 0.05) is 57.5 Å². The molecule has 8 heteroatoms. The number of aliphatic hydroxyl groups is 1. The van der Waals surface area contributed by atoms with Gasteiger partial charge in [-0.25, -0.2) is 0 Å². The van der Waals surface area contributed by atoms with Gasteiger partial charge >= 0.3 is 0 Å². The van der Waals surface area contributed by atoms with E-state index in [0.717, 1.165) is 71.7 Å². The van der Waals surface area contributed by atoms with Gasteiger partial charge < -0.3 is 19.3 Å². The predicted octanol–water partition coefficient (Wildman–Crippen LogP) is 9.04. The van der Waals surface area contributed by atoms with E-state index in [4.69, 9.17) is 32.0 Å². The average molecular weight is 642 g/mol. The Hall–Kier alpha value is -2.51. The first-order valence-electron chi connectivity index (χ1n) is 14.8. The third-order valence-corrected chi connectivity index (χ3v) is 9.55. The zero-order chi connectivity index (χ0) is 29.3. The molecule has 2 saturated heterocycles. The molecule has 0 aliphatic carbocycles. The van der Waals surface area contributed by atoms with Crippen LogP contribution < -0.4 is 5.32 Å². The van der Waals surface area contributed by atoms with Crippen molar-refractivity contribution >= 4 is 57.5 Å². The van der Waals surface area contributed by atoms with Crippen LogP contribution in [0.25, 0.3) is 21.9 Å². The van der Waals surface area contributed by atoms with Gasteiger partial charge in [-0.05, 0) is 79.7 Å². The highest BCUT2D eigenvalue weighted by atomic mass is 35.5. The molecule has 0 amide bonds. The molecule has 0 radical (unpaired) electrons. The second-order valence-corrected chi connectivity index (χ2v) is 12.9. The minimum Gasteiger partial charge on any atom is -0.464 e. The number of nitrogens with one attached hydrogen (secondary N) is 1. The molecule has 2 aliphatic rings. The lowest BCUT2D eigenvalue weighted by atomic mass is 9.76. The summed E-state index contributed by atoms with van der Waals surface area (Å²) in [7, 11) is 0. The second kappa shape index (κ2) is 13.6. The Morgan fingerprint density at radius 3 is 2.30 bits per heavy atom. The van der Waals surface area contributed by atoms with Crippen LogP contribution in [0.4, 0.5) is 0 Å². The van der Waals surface area contributed by atoms with Gasteiger partial charge in [-0.2, -0.15) is 0 Å². The summed E-state index contributed by atoms with van der Waals surface area (Å²) in [6, 6.07) is 22.1. The van der Waals surface area contributed by atoms with Gasteiger partial charge in [-0.15, -0.1) is 12.4 Å². The Morgan fingerprint density at radius 1 is 0.930 bits per heavy atom. The minimum absolute atomic E-state index is 0. The number of benzene rings is 3. The summed E-state index contributed by atoms with van der Waals surface area (Å²) in [5.74, 6) is 1.25. The lowest BCUT2D eigenvalue weighted by Crippen LogP contribution is -2.48. The fourth-order valence-corrected chi connectivity index (χ4v) is 7.24. The molecule has 43 heavy (non-hydrogen) atoms. The van der Waals surface area contributed by atoms with E-state index in [0.29, 0.717) is 23.3 Å². The van der Waals surface area contributed by atoms with Gasteiger partial charge in [0.05, 0.1) is 18.1 Å². The normalized spacial score (nSPS) is 24.3. The Bertz CT molecular complexity index is 1650. The fraction of sp³-hybridized carbons (Fsp3) is 0.371. The number of furan rings is 2. The summed E-state index contributed by atoms with van der Waals surface area (Å²) in [6.07, 6.45) is 5.22. The predicted molar refractivity (Wildman–Crippen MR) is 178 cm³/mol. The van der Waals surface area contributed by atoms with Crippen LogP contribution in [0.2, 0.25) is 10.0 Å². The molecule has 5 nitrogen and oxygen atoms in total. The number of rotatable bonds is 4. The summed E-state index contributed by atoms with van der Waals surface area (Å²) in [5.41, 5.74) is 4.21. The van der Waals surface area contributed by atoms with Crippen LogP contribution in [0.1, 0.15) is 49.3 Å². The molecule has 4 atom stereocenters. The largest absolute Gasteiger partial charge is 0.464 e. The Kier molecular flexibility index (Phi) is 10.1. The Morgan fingerprint density at radius 2 is 1.60 bits per heavy atom. The smallest absolute Gasteiger partial charge is 0.140 e. The number of fused-ring (bicyclic) bond motifs is 2. The van der Waals surface area contributed by atoms with Crippen molar-refractivity contribution in [2.75, 3.05) is 26.2 Å². The van der Waals surface area contributed by atoms with Crippen LogP contribution in [0.3, 0.4) is 0 Å². The molecule has 2 aromatic heterocycles. The van der Waals surface area contributed by atoms with E-state index in [1.54, 1.807) is 12.5 Å². The summed E-state index contributed by atoms with van der Waals surface area (Å²) in [5, 5.41) is 18.4. The molecular formula is C35H39Cl3N2O3. The van der Waals surface area contributed by atoms with Crippen molar-refractivity contribution in [2.24, 2.45) is 11.8 Å². The van der Waals surface area contributed by atoms with Crippen LogP contribution >= 0.6 is 35.6 Å². The van der Waals surface area contributed by atoms with E-state index < -0.39 is 5.60 Å². The Labute approximate surface area is 269 Å². The highest BCUT2D eigenvalue weighted by Crippen LogP contribution is 2.42. The molecule has 0 saturated carbocycles. The average Bonchev–Trinajstić information content (AvgIpc) is 3.65. The zero-order valence-electron chi connectivity index (χ0n) is 24.6. The van der Waals surface area contributed by atoms with Crippen LogP contribution in [-0.2, 0) is 12.1 Å². The summed E-state index contributed by atoms with van der Waals surface area (Å²) in [4.78, 5) is 2.40.